The van der Waals surface area contributed by atoms with Crippen molar-refractivity contribution in [3.63, 3.8) is 0 Å². The molecule has 0 atom stereocenters. The molecular weight excluding hydrogens is 308 g/mol. The summed E-state index contributed by atoms with van der Waals surface area (Å²) in [7, 11) is 3.74. The van der Waals surface area contributed by atoms with Crippen LogP contribution in [0.4, 0.5) is 0 Å². The molecule has 0 heterocycles. The SMILES string of the molecule is Cc1ccc([Si](O[Si])(O[Si])c2ccc(C)cc2C)c(C)c1. The van der Waals surface area contributed by atoms with Crippen molar-refractivity contribution in [2.75, 3.05) is 0 Å². The van der Waals surface area contributed by atoms with Crippen molar-refractivity contribution in [1.82, 2.24) is 0 Å². The maximum Gasteiger partial charge on any atom is 0.386 e. The van der Waals surface area contributed by atoms with Crippen LogP contribution in [0.15, 0.2) is 36.4 Å². The highest BCUT2D eigenvalue weighted by Crippen LogP contribution is 2.14. The molecule has 0 fully saturated rings. The van der Waals surface area contributed by atoms with E-state index in [2.05, 4.69) is 85.1 Å². The van der Waals surface area contributed by atoms with E-state index in [1.807, 2.05) is 0 Å². The Hall–Kier alpha value is -0.989. The average Bonchev–Trinajstić information content (AvgIpc) is 2.44. The summed E-state index contributed by atoms with van der Waals surface area (Å²) in [5.41, 5.74) is 4.78. The molecule has 2 nitrogen and oxygen atoms in total. The Morgan fingerprint density at radius 2 is 1.10 bits per heavy atom. The summed E-state index contributed by atoms with van der Waals surface area (Å²) in [5.74, 6) is 0. The van der Waals surface area contributed by atoms with Gasteiger partial charge in [0.05, 0.1) is 0 Å². The van der Waals surface area contributed by atoms with Gasteiger partial charge in [0.2, 0.25) is 21.0 Å². The number of benzene rings is 2. The molecule has 0 aromatic heterocycles. The Balaban J connectivity index is 2.70. The lowest BCUT2D eigenvalue weighted by molar-refractivity contribution is 0.465. The second kappa shape index (κ2) is 6.41. The molecule has 0 aliphatic carbocycles. The topological polar surface area (TPSA) is 18.5 Å². The summed E-state index contributed by atoms with van der Waals surface area (Å²) >= 11 is 0. The van der Waals surface area contributed by atoms with Crippen LogP contribution in [0, 0.1) is 27.7 Å². The second-order valence-corrected chi connectivity index (χ2v) is 9.40. The Labute approximate surface area is 134 Å². The molecule has 0 aliphatic heterocycles. The third-order valence-electron chi connectivity index (χ3n) is 3.76. The summed E-state index contributed by atoms with van der Waals surface area (Å²) in [5, 5.41) is 2.18. The highest BCUT2D eigenvalue weighted by molar-refractivity contribution is 6.96. The fourth-order valence-corrected chi connectivity index (χ4v) is 7.13. The molecule has 0 spiro atoms. The van der Waals surface area contributed by atoms with Crippen molar-refractivity contribution in [2.24, 2.45) is 0 Å². The van der Waals surface area contributed by atoms with Crippen molar-refractivity contribution >= 4 is 39.9 Å². The first kappa shape index (κ1) is 16.4. The van der Waals surface area contributed by atoms with E-state index >= 15 is 0 Å². The summed E-state index contributed by atoms with van der Waals surface area (Å²) in [6.07, 6.45) is 0. The average molecular weight is 327 g/mol. The molecule has 0 amide bonds. The molecule has 2 aromatic rings. The molecule has 0 saturated heterocycles. The van der Waals surface area contributed by atoms with Gasteiger partial charge in [-0.25, -0.2) is 0 Å². The predicted octanol–water partition coefficient (Wildman–Crippen LogP) is 1.68. The zero-order chi connectivity index (χ0) is 15.6. The van der Waals surface area contributed by atoms with Crippen molar-refractivity contribution in [3.8, 4) is 0 Å². The van der Waals surface area contributed by atoms with Crippen LogP contribution < -0.4 is 10.4 Å². The summed E-state index contributed by atoms with van der Waals surface area (Å²) < 4.78 is 11.5. The van der Waals surface area contributed by atoms with E-state index in [9.17, 15) is 0 Å². The molecule has 5 heteroatoms. The second-order valence-electron chi connectivity index (χ2n) is 5.46. The molecule has 21 heavy (non-hydrogen) atoms. The van der Waals surface area contributed by atoms with Gasteiger partial charge in [0.1, 0.15) is 0 Å². The zero-order valence-electron chi connectivity index (χ0n) is 12.8. The molecule has 0 unspecified atom stereocenters. The first-order valence-corrected chi connectivity index (χ1v) is 9.43. The van der Waals surface area contributed by atoms with Crippen LogP contribution in [-0.4, -0.2) is 29.5 Å². The standard InChI is InChI=1S/C16H18O2Si3/c1-11-5-7-15(13(3)9-11)21(17-19,18-20)16-8-6-12(2)10-14(16)4/h5-10H,1-4H3. The summed E-state index contributed by atoms with van der Waals surface area (Å²) in [4.78, 5) is 0. The Morgan fingerprint density at radius 3 is 1.38 bits per heavy atom. The van der Waals surface area contributed by atoms with Crippen molar-refractivity contribution in [3.05, 3.63) is 58.7 Å². The van der Waals surface area contributed by atoms with Crippen LogP contribution in [0.3, 0.4) is 0 Å². The van der Waals surface area contributed by atoms with Crippen molar-refractivity contribution in [1.29, 1.82) is 0 Å². The van der Waals surface area contributed by atoms with E-state index in [0.717, 1.165) is 21.5 Å². The van der Waals surface area contributed by atoms with E-state index in [1.54, 1.807) is 0 Å². The van der Waals surface area contributed by atoms with Gasteiger partial charge in [-0.05, 0) is 38.8 Å². The maximum atomic E-state index is 5.77. The van der Waals surface area contributed by atoms with E-state index < -0.39 is 8.56 Å². The van der Waals surface area contributed by atoms with E-state index in [1.165, 1.54) is 11.1 Å². The minimum atomic E-state index is -2.80. The van der Waals surface area contributed by atoms with Gasteiger partial charge in [0, 0.05) is 10.4 Å². The minimum absolute atomic E-state index is 1.09. The number of rotatable bonds is 4. The minimum Gasteiger partial charge on any atom is -0.430 e. The van der Waals surface area contributed by atoms with Gasteiger partial charge < -0.3 is 8.23 Å². The number of aryl methyl sites for hydroxylation is 4. The quantitative estimate of drug-likeness (QED) is 0.796. The lowest BCUT2D eigenvalue weighted by atomic mass is 10.1. The van der Waals surface area contributed by atoms with Crippen LogP contribution in [-0.2, 0) is 8.23 Å². The first-order valence-electron chi connectivity index (χ1n) is 6.79. The largest absolute Gasteiger partial charge is 0.430 e. The van der Waals surface area contributed by atoms with Crippen molar-refractivity contribution < 1.29 is 8.23 Å². The summed E-state index contributed by atoms with van der Waals surface area (Å²) in [6.45, 7) is 8.34. The first-order chi connectivity index (χ1) is 9.94. The molecule has 2 aromatic carbocycles. The molecule has 0 bridgehead atoms. The fourth-order valence-electron chi connectivity index (χ4n) is 2.75. The molecule has 6 radical (unpaired) electrons. The molecule has 2 rings (SSSR count). The number of hydrogen-bond acceptors (Lipinski definition) is 2. The van der Waals surface area contributed by atoms with Crippen LogP contribution in [0.5, 0.6) is 0 Å². The summed E-state index contributed by atoms with van der Waals surface area (Å²) in [6, 6.07) is 12.7. The van der Waals surface area contributed by atoms with Gasteiger partial charge in [-0.3, -0.25) is 0 Å². The molecule has 106 valence electrons. The van der Waals surface area contributed by atoms with E-state index in [4.69, 9.17) is 8.23 Å². The molecule has 0 saturated carbocycles. The fraction of sp³-hybridized carbons (Fsp3) is 0.250. The highest BCUT2D eigenvalue weighted by atomic mass is 28.4. The third kappa shape index (κ3) is 2.97. The molecule has 0 aliphatic rings. The normalized spacial score (nSPS) is 11.7. The Kier molecular flexibility index (Phi) is 5.00. The Bertz CT molecular complexity index is 598. The zero-order valence-corrected chi connectivity index (χ0v) is 15.8. The van der Waals surface area contributed by atoms with Crippen LogP contribution in [0.25, 0.3) is 0 Å². The van der Waals surface area contributed by atoms with Gasteiger partial charge in [-0.1, -0.05) is 47.5 Å². The predicted molar refractivity (Wildman–Crippen MR) is 90.5 cm³/mol. The van der Waals surface area contributed by atoms with Gasteiger partial charge in [0.25, 0.3) is 0 Å². The monoisotopic (exact) mass is 326 g/mol. The van der Waals surface area contributed by atoms with E-state index in [-0.39, 0.29) is 0 Å². The molecule has 0 N–H and O–H groups in total. The van der Waals surface area contributed by atoms with Gasteiger partial charge in [0.15, 0.2) is 0 Å². The smallest absolute Gasteiger partial charge is 0.386 e. The van der Waals surface area contributed by atoms with Crippen molar-refractivity contribution in [2.45, 2.75) is 27.7 Å². The van der Waals surface area contributed by atoms with E-state index in [0.29, 0.717) is 0 Å². The third-order valence-corrected chi connectivity index (χ3v) is 8.60. The van der Waals surface area contributed by atoms with Gasteiger partial charge >= 0.3 is 8.56 Å². The highest BCUT2D eigenvalue weighted by Gasteiger charge is 2.42. The Morgan fingerprint density at radius 1 is 0.714 bits per heavy atom. The molecular formula is C16H18O2Si3. The lowest BCUT2D eigenvalue weighted by Gasteiger charge is -2.31. The van der Waals surface area contributed by atoms with Crippen LogP contribution >= 0.6 is 0 Å². The van der Waals surface area contributed by atoms with Gasteiger partial charge in [-0.2, -0.15) is 0 Å². The van der Waals surface area contributed by atoms with Crippen LogP contribution in [0.2, 0.25) is 0 Å². The maximum absolute atomic E-state index is 5.77. The van der Waals surface area contributed by atoms with Gasteiger partial charge in [-0.15, -0.1) is 0 Å². The lowest BCUT2D eigenvalue weighted by Crippen LogP contribution is -2.64. The van der Waals surface area contributed by atoms with Crippen LogP contribution in [0.1, 0.15) is 22.3 Å². The number of hydrogen-bond donors (Lipinski definition) is 0.